The molecule has 33 heavy (non-hydrogen) atoms. The average molecular weight is 458 g/mol. The molecule has 5 atom stereocenters. The van der Waals surface area contributed by atoms with Gasteiger partial charge in [0.05, 0.1) is 12.3 Å². The van der Waals surface area contributed by atoms with Crippen LogP contribution >= 0.6 is 0 Å². The van der Waals surface area contributed by atoms with Crippen molar-refractivity contribution in [3.05, 3.63) is 59.8 Å². The minimum Gasteiger partial charge on any atom is -0.507 e. The number of aliphatic hydroxyl groups excluding tert-OH is 2. The number of rotatable bonds is 6. The fourth-order valence-corrected chi connectivity index (χ4v) is 3.39. The van der Waals surface area contributed by atoms with E-state index in [1.54, 1.807) is 18.2 Å². The molecular formula is C23H26N2O8. The number of amides is 1. The van der Waals surface area contributed by atoms with Gasteiger partial charge in [0.15, 0.2) is 0 Å². The van der Waals surface area contributed by atoms with Gasteiger partial charge in [0.25, 0.3) is 0 Å². The molecule has 2 aliphatic rings. The van der Waals surface area contributed by atoms with Crippen molar-refractivity contribution in [3.8, 4) is 5.75 Å². The molecule has 1 amide bonds. The standard InChI is InChI=1S/C23H26N2O8/c1-31-25-12-4-8-19(29)24-11-3-6-15-13-18(28)22-21(33-22)17(27)10-9-14-5-2-7-16(26)20(14)23(30)32-15/h2-5,7-12,15,17-18,21-22,26-28H,6,13H2,1H3,(H,24,29)/b8-4-,10-9+,11-3+,25-12+. The Kier molecular flexibility index (Phi) is 8.36. The van der Waals surface area contributed by atoms with Crippen LogP contribution in [0.15, 0.2) is 53.9 Å². The fraction of sp³-hybridized carbons (Fsp3) is 0.348. The minimum atomic E-state index is -0.981. The number of oxime groups is 1. The van der Waals surface area contributed by atoms with Crippen LogP contribution in [0.2, 0.25) is 0 Å². The molecule has 10 nitrogen and oxygen atoms in total. The van der Waals surface area contributed by atoms with Crippen LogP contribution < -0.4 is 5.32 Å². The summed E-state index contributed by atoms with van der Waals surface area (Å²) in [6, 6.07) is 4.55. The van der Waals surface area contributed by atoms with Crippen LogP contribution in [0.4, 0.5) is 0 Å². The normalized spacial score (nSPS) is 28.5. The molecule has 0 saturated carbocycles. The van der Waals surface area contributed by atoms with E-state index in [1.807, 2.05) is 0 Å². The van der Waals surface area contributed by atoms with Gasteiger partial charge in [-0.3, -0.25) is 4.79 Å². The summed E-state index contributed by atoms with van der Waals surface area (Å²) in [6.45, 7) is 0. The number of esters is 1. The van der Waals surface area contributed by atoms with Crippen molar-refractivity contribution in [1.82, 2.24) is 5.32 Å². The van der Waals surface area contributed by atoms with Crippen LogP contribution in [0.3, 0.4) is 0 Å². The zero-order valence-electron chi connectivity index (χ0n) is 17.9. The Balaban J connectivity index is 1.72. The monoisotopic (exact) mass is 458 g/mol. The highest BCUT2D eigenvalue weighted by Gasteiger charge is 2.48. The highest BCUT2D eigenvalue weighted by molar-refractivity contribution is 5.96. The quantitative estimate of drug-likeness (QED) is 0.162. The summed E-state index contributed by atoms with van der Waals surface area (Å²) in [6.07, 6.45) is 6.20. The van der Waals surface area contributed by atoms with Crippen LogP contribution in [0.5, 0.6) is 5.75 Å². The molecule has 1 saturated heterocycles. The number of hydrogen-bond donors (Lipinski definition) is 4. The van der Waals surface area contributed by atoms with Crippen molar-refractivity contribution in [2.75, 3.05) is 7.11 Å². The summed E-state index contributed by atoms with van der Waals surface area (Å²) in [5, 5.41) is 37.0. The Labute approximate surface area is 190 Å². The first-order valence-electron chi connectivity index (χ1n) is 10.3. The second-order valence-electron chi connectivity index (χ2n) is 7.43. The Bertz CT molecular complexity index is 971. The second kappa shape index (κ2) is 11.4. The number of hydrogen-bond acceptors (Lipinski definition) is 9. The summed E-state index contributed by atoms with van der Waals surface area (Å²) in [7, 11) is 1.38. The van der Waals surface area contributed by atoms with E-state index in [1.165, 1.54) is 49.9 Å². The van der Waals surface area contributed by atoms with E-state index in [-0.39, 0.29) is 24.2 Å². The molecule has 2 aliphatic heterocycles. The van der Waals surface area contributed by atoms with E-state index in [0.717, 1.165) is 0 Å². The number of phenolic OH excluding ortho intramolecular Hbond substituents is 1. The van der Waals surface area contributed by atoms with Gasteiger partial charge in [-0.05, 0) is 17.7 Å². The number of aromatic hydroxyl groups is 1. The van der Waals surface area contributed by atoms with Gasteiger partial charge >= 0.3 is 5.97 Å². The number of aliphatic hydroxyl groups is 2. The number of benzene rings is 1. The molecule has 4 N–H and O–H groups in total. The maximum atomic E-state index is 12.8. The smallest absolute Gasteiger partial charge is 0.342 e. The molecule has 0 bridgehead atoms. The SMILES string of the molecule is CO/N=C/C=C\C(=O)N/C=C/CC1CC(O)C2OC2C(O)/C=C/c2cccc(O)c2C(=O)O1. The first kappa shape index (κ1) is 24.2. The third-order valence-electron chi connectivity index (χ3n) is 5.05. The lowest BCUT2D eigenvalue weighted by molar-refractivity contribution is -0.115. The second-order valence-corrected chi connectivity index (χ2v) is 7.43. The molecule has 1 aromatic rings. The lowest BCUT2D eigenvalue weighted by atomic mass is 10.00. The van der Waals surface area contributed by atoms with Crippen LogP contribution in [-0.2, 0) is 19.1 Å². The number of fused-ring (bicyclic) bond motifs is 2. The summed E-state index contributed by atoms with van der Waals surface area (Å²) in [5.74, 6) is -1.44. The van der Waals surface area contributed by atoms with Gasteiger partial charge in [0.2, 0.25) is 5.91 Å². The van der Waals surface area contributed by atoms with Crippen molar-refractivity contribution in [2.24, 2.45) is 5.16 Å². The fourth-order valence-electron chi connectivity index (χ4n) is 3.39. The largest absolute Gasteiger partial charge is 0.507 e. The average Bonchev–Trinajstić information content (AvgIpc) is 3.58. The molecule has 1 aromatic carbocycles. The van der Waals surface area contributed by atoms with Gasteiger partial charge in [-0.1, -0.05) is 35.5 Å². The van der Waals surface area contributed by atoms with Gasteiger partial charge in [-0.2, -0.15) is 0 Å². The number of cyclic esters (lactones) is 1. The van der Waals surface area contributed by atoms with Gasteiger partial charge < -0.3 is 34.9 Å². The van der Waals surface area contributed by atoms with Crippen molar-refractivity contribution >= 4 is 24.2 Å². The van der Waals surface area contributed by atoms with Crippen molar-refractivity contribution in [1.29, 1.82) is 0 Å². The van der Waals surface area contributed by atoms with Gasteiger partial charge in [-0.25, -0.2) is 4.79 Å². The topological polar surface area (TPSA) is 150 Å². The number of nitrogens with zero attached hydrogens (tertiary/aromatic N) is 1. The number of carbonyl (C=O) groups excluding carboxylic acids is 2. The summed E-state index contributed by atoms with van der Waals surface area (Å²) in [5.41, 5.74) is 0.331. The molecule has 0 aliphatic carbocycles. The van der Waals surface area contributed by atoms with Gasteiger partial charge in [0, 0.05) is 25.1 Å². The molecule has 1 fully saturated rings. The molecule has 10 heteroatoms. The maximum Gasteiger partial charge on any atom is 0.342 e. The molecule has 0 spiro atoms. The van der Waals surface area contributed by atoms with E-state index in [2.05, 4.69) is 15.3 Å². The van der Waals surface area contributed by atoms with Crippen LogP contribution in [-0.4, -0.2) is 71.0 Å². The Morgan fingerprint density at radius 3 is 2.94 bits per heavy atom. The molecule has 0 radical (unpaired) electrons. The van der Waals surface area contributed by atoms with Crippen LogP contribution in [0.1, 0.15) is 28.8 Å². The van der Waals surface area contributed by atoms with Crippen LogP contribution in [0.25, 0.3) is 6.08 Å². The molecular weight excluding hydrogens is 432 g/mol. The minimum absolute atomic E-state index is 0.0396. The molecule has 5 unspecified atom stereocenters. The zero-order valence-corrected chi connectivity index (χ0v) is 17.9. The number of ether oxygens (including phenoxy) is 2. The molecule has 176 valence electrons. The molecule has 0 aromatic heterocycles. The maximum absolute atomic E-state index is 12.8. The molecule has 3 rings (SSSR count). The number of allylic oxidation sites excluding steroid dienone is 1. The first-order chi connectivity index (χ1) is 15.9. The number of phenols is 1. The van der Waals surface area contributed by atoms with E-state index in [4.69, 9.17) is 9.47 Å². The highest BCUT2D eigenvalue weighted by Crippen LogP contribution is 2.33. The highest BCUT2D eigenvalue weighted by atomic mass is 16.6. The van der Waals surface area contributed by atoms with E-state index in [9.17, 15) is 24.9 Å². The third kappa shape index (κ3) is 6.75. The van der Waals surface area contributed by atoms with Gasteiger partial charge in [-0.15, -0.1) is 0 Å². The zero-order chi connectivity index (χ0) is 23.8. The van der Waals surface area contributed by atoms with E-state index in [0.29, 0.717) is 5.56 Å². The van der Waals surface area contributed by atoms with Crippen LogP contribution in [0, 0.1) is 0 Å². The third-order valence-corrected chi connectivity index (χ3v) is 5.05. The van der Waals surface area contributed by atoms with E-state index < -0.39 is 42.4 Å². The lowest BCUT2D eigenvalue weighted by Gasteiger charge is -2.20. The summed E-state index contributed by atoms with van der Waals surface area (Å²) in [4.78, 5) is 29.0. The van der Waals surface area contributed by atoms with Crippen molar-refractivity contribution in [2.45, 2.75) is 43.4 Å². The number of epoxide rings is 1. The van der Waals surface area contributed by atoms with Crippen molar-refractivity contribution < 1.29 is 39.2 Å². The predicted octanol–water partition coefficient (Wildman–Crippen LogP) is 1.03. The Hall–Kier alpha value is -3.47. The predicted molar refractivity (Wildman–Crippen MR) is 118 cm³/mol. The Morgan fingerprint density at radius 2 is 2.15 bits per heavy atom. The first-order valence-corrected chi connectivity index (χ1v) is 10.3. The molecule has 2 heterocycles. The summed E-state index contributed by atoms with van der Waals surface area (Å²) >= 11 is 0. The summed E-state index contributed by atoms with van der Waals surface area (Å²) < 4.78 is 11.0. The lowest BCUT2D eigenvalue weighted by Crippen LogP contribution is -2.30. The number of carbonyl (C=O) groups is 2. The number of nitrogens with one attached hydrogen (secondary N) is 1. The van der Waals surface area contributed by atoms with Crippen molar-refractivity contribution in [3.63, 3.8) is 0 Å². The van der Waals surface area contributed by atoms with E-state index >= 15 is 0 Å². The Morgan fingerprint density at radius 1 is 1.33 bits per heavy atom. The van der Waals surface area contributed by atoms with Gasteiger partial charge in [0.1, 0.15) is 42.8 Å².